The number of non-ortho nitro benzene ring substituents is 2. The molecule has 35 heavy (non-hydrogen) atoms. The summed E-state index contributed by atoms with van der Waals surface area (Å²) in [5, 5.41) is 21.6. The van der Waals surface area contributed by atoms with Crippen LogP contribution < -0.4 is 0 Å². The lowest BCUT2D eigenvalue weighted by Crippen LogP contribution is -2.40. The third kappa shape index (κ3) is 5.26. The third-order valence-electron chi connectivity index (χ3n) is 5.34. The number of rotatable bonds is 7. The van der Waals surface area contributed by atoms with Crippen LogP contribution in [0, 0.1) is 20.2 Å². The van der Waals surface area contributed by atoms with Crippen LogP contribution in [0.2, 0.25) is 0 Å². The average molecular weight is 488 g/mol. The van der Waals surface area contributed by atoms with E-state index in [1.54, 1.807) is 13.8 Å². The van der Waals surface area contributed by atoms with Gasteiger partial charge in [0.05, 0.1) is 21.0 Å². The molecule has 0 aliphatic carbocycles. The molecule has 4 rings (SSSR count). The first kappa shape index (κ1) is 24.2. The fourth-order valence-electron chi connectivity index (χ4n) is 3.69. The van der Waals surface area contributed by atoms with E-state index in [9.17, 15) is 29.8 Å². The second-order valence-electron chi connectivity index (χ2n) is 8.22. The van der Waals surface area contributed by atoms with Gasteiger partial charge < -0.3 is 23.7 Å². The Kier molecular flexibility index (Phi) is 6.47. The summed E-state index contributed by atoms with van der Waals surface area (Å²) < 4.78 is 28.1. The summed E-state index contributed by atoms with van der Waals surface area (Å²) in [5.74, 6) is -2.55. The largest absolute Gasteiger partial charge is 0.459 e. The lowest BCUT2D eigenvalue weighted by atomic mass is 10.1. The number of nitro benzene ring substituents is 2. The molecule has 13 heteroatoms. The Morgan fingerprint density at radius 2 is 1.40 bits per heavy atom. The van der Waals surface area contributed by atoms with E-state index in [0.29, 0.717) is 0 Å². The number of ether oxygens (including phenoxy) is 5. The number of nitrogens with zero attached hydrogens (tertiary/aromatic N) is 2. The number of nitro groups is 2. The van der Waals surface area contributed by atoms with Crippen LogP contribution >= 0.6 is 0 Å². The smallest absolute Gasteiger partial charge is 0.338 e. The van der Waals surface area contributed by atoms with Gasteiger partial charge in [0.1, 0.15) is 12.7 Å². The lowest BCUT2D eigenvalue weighted by molar-refractivity contribution is -0.385. The van der Waals surface area contributed by atoms with Crippen LogP contribution in [0.4, 0.5) is 11.4 Å². The molecular formula is C22H20N2O11. The van der Waals surface area contributed by atoms with Gasteiger partial charge in [0.2, 0.25) is 0 Å². The molecule has 0 unspecified atom stereocenters. The molecule has 2 saturated heterocycles. The van der Waals surface area contributed by atoms with E-state index in [-0.39, 0.29) is 29.1 Å². The van der Waals surface area contributed by atoms with E-state index in [0.717, 1.165) is 0 Å². The molecule has 0 amide bonds. The Labute approximate surface area is 197 Å². The highest BCUT2D eigenvalue weighted by Crippen LogP contribution is 2.39. The van der Waals surface area contributed by atoms with Crippen LogP contribution in [0.15, 0.2) is 48.5 Å². The summed E-state index contributed by atoms with van der Waals surface area (Å²) in [6.07, 6.45) is -3.66. The molecule has 4 atom stereocenters. The zero-order valence-electron chi connectivity index (χ0n) is 18.5. The highest BCUT2D eigenvalue weighted by Gasteiger charge is 2.57. The quantitative estimate of drug-likeness (QED) is 0.319. The molecule has 0 bridgehead atoms. The van der Waals surface area contributed by atoms with Crippen LogP contribution in [0.1, 0.15) is 34.6 Å². The number of esters is 2. The first-order chi connectivity index (χ1) is 16.5. The van der Waals surface area contributed by atoms with Crippen LogP contribution in [-0.2, 0) is 23.7 Å². The molecule has 2 aliphatic heterocycles. The number of benzene rings is 2. The minimum atomic E-state index is -1.02. The highest BCUT2D eigenvalue weighted by atomic mass is 16.8. The number of hydrogen-bond acceptors (Lipinski definition) is 11. The van der Waals surface area contributed by atoms with E-state index in [2.05, 4.69) is 0 Å². The van der Waals surface area contributed by atoms with Crippen molar-refractivity contribution in [2.24, 2.45) is 0 Å². The van der Waals surface area contributed by atoms with Crippen molar-refractivity contribution in [2.75, 3.05) is 6.61 Å². The second kappa shape index (κ2) is 9.37. The summed E-state index contributed by atoms with van der Waals surface area (Å²) in [6.45, 7) is 3.00. The second-order valence-corrected chi connectivity index (χ2v) is 8.22. The van der Waals surface area contributed by atoms with Gasteiger partial charge in [0.25, 0.3) is 11.4 Å². The highest BCUT2D eigenvalue weighted by molar-refractivity contribution is 5.90. The number of carbonyl (C=O) groups excluding carboxylic acids is 2. The third-order valence-corrected chi connectivity index (χ3v) is 5.34. The van der Waals surface area contributed by atoms with E-state index in [4.69, 9.17) is 23.7 Å². The molecule has 2 aromatic carbocycles. The summed E-state index contributed by atoms with van der Waals surface area (Å²) in [6, 6.07) is 9.72. The Balaban J connectivity index is 1.45. The van der Waals surface area contributed by atoms with Gasteiger partial charge in [-0.3, -0.25) is 20.2 Å². The van der Waals surface area contributed by atoms with Crippen LogP contribution in [0.25, 0.3) is 0 Å². The SMILES string of the molecule is CC1(C)O[C@H]2O[C@H](COC(=O)c3ccc([N+](=O)[O-])cc3)[C@H](OC(=O)c3ccc([N+](=O)[O-])cc3)[C@H]2O1. The van der Waals surface area contributed by atoms with Gasteiger partial charge in [0, 0.05) is 24.3 Å². The maximum atomic E-state index is 12.7. The summed E-state index contributed by atoms with van der Waals surface area (Å²) in [7, 11) is 0. The monoisotopic (exact) mass is 488 g/mol. The topological polar surface area (TPSA) is 167 Å². The molecule has 0 spiro atoms. The standard InChI is InChI=1S/C22H20N2O11/c1-22(2)34-18-17(33-20(26)13-5-9-15(10-6-13)24(29)30)16(32-21(18)35-22)11-31-19(25)12-3-7-14(8-4-12)23(27)28/h3-10,16-18,21H,11H2,1-2H3/t16-,17+,18-,21-/m1/s1. The van der Waals surface area contributed by atoms with Crippen molar-refractivity contribution in [2.45, 2.75) is 44.2 Å². The van der Waals surface area contributed by atoms with E-state index in [1.807, 2.05) is 0 Å². The van der Waals surface area contributed by atoms with Crippen LogP contribution in [-0.4, -0.2) is 58.8 Å². The molecule has 0 aromatic heterocycles. The van der Waals surface area contributed by atoms with Crippen molar-refractivity contribution in [3.8, 4) is 0 Å². The van der Waals surface area contributed by atoms with Gasteiger partial charge in [0.15, 0.2) is 24.3 Å². The Bertz CT molecular complexity index is 1150. The maximum absolute atomic E-state index is 12.7. The van der Waals surface area contributed by atoms with Crippen molar-refractivity contribution in [3.05, 3.63) is 79.9 Å². The Morgan fingerprint density at radius 3 is 1.91 bits per heavy atom. The molecule has 0 N–H and O–H groups in total. The predicted octanol–water partition coefficient (Wildman–Crippen LogP) is 2.76. The van der Waals surface area contributed by atoms with Crippen molar-refractivity contribution >= 4 is 23.3 Å². The molecule has 2 heterocycles. The molecule has 2 aliphatic rings. The summed E-state index contributed by atoms with van der Waals surface area (Å²) >= 11 is 0. The zero-order chi connectivity index (χ0) is 25.3. The van der Waals surface area contributed by atoms with Crippen molar-refractivity contribution in [3.63, 3.8) is 0 Å². The zero-order valence-corrected chi connectivity index (χ0v) is 18.5. The van der Waals surface area contributed by atoms with Crippen molar-refractivity contribution in [1.82, 2.24) is 0 Å². The molecule has 184 valence electrons. The lowest BCUT2D eigenvalue weighted by Gasteiger charge is -2.25. The average Bonchev–Trinajstić information content (AvgIpc) is 3.29. The summed E-state index contributed by atoms with van der Waals surface area (Å²) in [5.41, 5.74) is -0.208. The first-order valence-electron chi connectivity index (χ1n) is 10.4. The number of hydrogen-bond donors (Lipinski definition) is 0. The molecular weight excluding hydrogens is 468 g/mol. The van der Waals surface area contributed by atoms with Crippen molar-refractivity contribution < 1.29 is 43.1 Å². The van der Waals surface area contributed by atoms with Crippen LogP contribution in [0.5, 0.6) is 0 Å². The fourth-order valence-corrected chi connectivity index (χ4v) is 3.69. The molecule has 2 aromatic rings. The molecule has 2 fully saturated rings. The molecule has 13 nitrogen and oxygen atoms in total. The van der Waals surface area contributed by atoms with Gasteiger partial charge in [-0.1, -0.05) is 0 Å². The fraction of sp³-hybridized carbons (Fsp3) is 0.364. The van der Waals surface area contributed by atoms with Gasteiger partial charge in [-0.05, 0) is 38.1 Å². The first-order valence-corrected chi connectivity index (χ1v) is 10.4. The Morgan fingerprint density at radius 1 is 0.886 bits per heavy atom. The van der Waals surface area contributed by atoms with Crippen LogP contribution in [0.3, 0.4) is 0 Å². The van der Waals surface area contributed by atoms with Crippen molar-refractivity contribution in [1.29, 1.82) is 0 Å². The van der Waals surface area contributed by atoms with Gasteiger partial charge in [-0.15, -0.1) is 0 Å². The van der Waals surface area contributed by atoms with Gasteiger partial charge in [-0.2, -0.15) is 0 Å². The number of fused-ring (bicyclic) bond motifs is 1. The predicted molar refractivity (Wildman–Crippen MR) is 114 cm³/mol. The maximum Gasteiger partial charge on any atom is 0.338 e. The molecule has 0 radical (unpaired) electrons. The minimum Gasteiger partial charge on any atom is -0.459 e. The molecule has 0 saturated carbocycles. The number of carbonyl (C=O) groups is 2. The summed E-state index contributed by atoms with van der Waals surface area (Å²) in [4.78, 5) is 45.5. The Hall–Kier alpha value is -3.94. The minimum absolute atomic E-state index is 0.0684. The van der Waals surface area contributed by atoms with Gasteiger partial charge in [-0.25, -0.2) is 9.59 Å². The van der Waals surface area contributed by atoms with E-state index >= 15 is 0 Å². The van der Waals surface area contributed by atoms with E-state index < -0.39 is 52.2 Å². The van der Waals surface area contributed by atoms with Gasteiger partial charge >= 0.3 is 11.9 Å². The normalized spacial score (nSPS) is 24.4. The van der Waals surface area contributed by atoms with E-state index in [1.165, 1.54) is 48.5 Å².